The largest absolute Gasteiger partial charge is 0.480 e. The molecule has 0 bridgehead atoms. The van der Waals surface area contributed by atoms with Gasteiger partial charge in [-0.25, -0.2) is 4.68 Å². The predicted molar refractivity (Wildman–Crippen MR) is 78.5 cm³/mol. The van der Waals surface area contributed by atoms with E-state index >= 15 is 0 Å². The van der Waals surface area contributed by atoms with Gasteiger partial charge < -0.3 is 10.4 Å². The fraction of sp³-hybridized carbons (Fsp3) is 0.429. The van der Waals surface area contributed by atoms with E-state index in [2.05, 4.69) is 15.5 Å². The summed E-state index contributed by atoms with van der Waals surface area (Å²) in [5, 5.41) is 19.8. The molecule has 22 heavy (non-hydrogen) atoms. The number of hydrogen-bond donors (Lipinski definition) is 2. The summed E-state index contributed by atoms with van der Waals surface area (Å²) in [7, 11) is 0. The fourth-order valence-electron chi connectivity index (χ4n) is 2.24. The summed E-state index contributed by atoms with van der Waals surface area (Å²) in [4.78, 5) is 22.9. The summed E-state index contributed by atoms with van der Waals surface area (Å²) in [5.74, 6) is -1.40. The summed E-state index contributed by atoms with van der Waals surface area (Å²) in [6, 6.07) is 3.31. The lowest BCUT2D eigenvalue weighted by Gasteiger charge is -2.15. The highest BCUT2D eigenvalue weighted by molar-refractivity contribution is 5.93. The van der Waals surface area contributed by atoms with Crippen LogP contribution in [0.2, 0.25) is 0 Å². The van der Waals surface area contributed by atoms with Crippen LogP contribution in [0.1, 0.15) is 28.8 Å². The molecule has 0 radical (unpaired) electrons. The molecule has 0 saturated carbocycles. The molecule has 0 fully saturated rings. The van der Waals surface area contributed by atoms with Gasteiger partial charge in [0.15, 0.2) is 0 Å². The number of nitrogens with one attached hydrogen (secondary N) is 1. The van der Waals surface area contributed by atoms with E-state index in [1.165, 1.54) is 12.3 Å². The Morgan fingerprint density at radius 2 is 2.09 bits per heavy atom. The number of carbonyl (C=O) groups is 2. The molecule has 2 N–H and O–H groups in total. The number of carbonyl (C=O) groups excluding carboxylic acids is 1. The van der Waals surface area contributed by atoms with E-state index in [-0.39, 0.29) is 24.2 Å². The normalized spacial score (nSPS) is 12.1. The maximum Gasteiger partial charge on any atom is 0.325 e. The van der Waals surface area contributed by atoms with Crippen LogP contribution in [0, 0.1) is 13.8 Å². The molecule has 1 amide bonds. The van der Waals surface area contributed by atoms with Crippen LogP contribution < -0.4 is 5.32 Å². The Hall–Kier alpha value is -2.64. The number of rotatable bonds is 6. The van der Waals surface area contributed by atoms with Gasteiger partial charge in [-0.1, -0.05) is 0 Å². The minimum Gasteiger partial charge on any atom is -0.480 e. The van der Waals surface area contributed by atoms with Crippen molar-refractivity contribution < 1.29 is 14.7 Å². The van der Waals surface area contributed by atoms with Crippen LogP contribution in [0.4, 0.5) is 0 Å². The van der Waals surface area contributed by atoms with Crippen LogP contribution in [0.3, 0.4) is 0 Å². The van der Waals surface area contributed by atoms with Crippen LogP contribution in [0.15, 0.2) is 18.3 Å². The number of carboxylic acids is 1. The molecule has 2 aromatic heterocycles. The summed E-state index contributed by atoms with van der Waals surface area (Å²) in [6.45, 7) is 5.93. The van der Waals surface area contributed by atoms with Crippen LogP contribution in [0.25, 0.3) is 0 Å². The van der Waals surface area contributed by atoms with E-state index in [1.54, 1.807) is 0 Å². The number of nitrogens with zero attached hydrogens (tertiary/aromatic N) is 4. The second-order valence-electron chi connectivity index (χ2n) is 5.25. The van der Waals surface area contributed by atoms with Crippen molar-refractivity contribution in [2.75, 3.05) is 0 Å². The molecule has 2 rings (SSSR count). The lowest BCUT2D eigenvalue weighted by molar-refractivity contribution is -0.137. The molecule has 8 heteroatoms. The van der Waals surface area contributed by atoms with Crippen LogP contribution >= 0.6 is 0 Å². The maximum atomic E-state index is 12.2. The molecule has 2 aromatic rings. The zero-order valence-electron chi connectivity index (χ0n) is 12.8. The van der Waals surface area contributed by atoms with E-state index in [0.29, 0.717) is 6.54 Å². The van der Waals surface area contributed by atoms with Gasteiger partial charge in [0.05, 0.1) is 12.2 Å². The van der Waals surface area contributed by atoms with Gasteiger partial charge in [-0.3, -0.25) is 14.3 Å². The molecular weight excluding hydrogens is 286 g/mol. The molecule has 2 heterocycles. The van der Waals surface area contributed by atoms with Crippen molar-refractivity contribution in [3.8, 4) is 0 Å². The molecule has 118 valence electrons. The lowest BCUT2D eigenvalue weighted by atomic mass is 10.3. The van der Waals surface area contributed by atoms with Crippen LogP contribution in [-0.2, 0) is 17.9 Å². The first-order chi connectivity index (χ1) is 10.4. The van der Waals surface area contributed by atoms with Gasteiger partial charge in [-0.15, -0.1) is 0 Å². The van der Waals surface area contributed by atoms with Crippen molar-refractivity contribution >= 4 is 11.9 Å². The van der Waals surface area contributed by atoms with Gasteiger partial charge in [0.1, 0.15) is 12.2 Å². The third kappa shape index (κ3) is 3.72. The number of carboxylic acid groups (broad SMARTS) is 1. The van der Waals surface area contributed by atoms with E-state index in [4.69, 9.17) is 5.11 Å². The molecule has 0 aliphatic carbocycles. The SMILES string of the molecule is Cc1cc(C)n(CC(C)NC(=O)c2ccnn2CC(=O)O)n1. The smallest absolute Gasteiger partial charge is 0.325 e. The number of hydrogen-bond acceptors (Lipinski definition) is 4. The molecule has 0 aromatic carbocycles. The number of aliphatic carboxylic acids is 1. The van der Waals surface area contributed by atoms with Gasteiger partial charge in [0.2, 0.25) is 0 Å². The highest BCUT2D eigenvalue weighted by Crippen LogP contribution is 2.04. The fourth-order valence-corrected chi connectivity index (χ4v) is 2.24. The quantitative estimate of drug-likeness (QED) is 0.813. The number of aromatic nitrogens is 4. The maximum absolute atomic E-state index is 12.2. The standard InChI is InChI=1S/C14H19N5O3/c1-9-6-11(3)18(17-9)7-10(2)16-14(22)12-4-5-15-19(12)8-13(20)21/h4-6,10H,7-8H2,1-3H3,(H,16,22)(H,20,21). The van der Waals surface area contributed by atoms with Crippen molar-refractivity contribution in [2.24, 2.45) is 0 Å². The van der Waals surface area contributed by atoms with Crippen molar-refractivity contribution in [1.29, 1.82) is 0 Å². The average Bonchev–Trinajstić information content (AvgIpc) is 2.96. The molecule has 0 spiro atoms. The molecule has 0 aliphatic heterocycles. The van der Waals surface area contributed by atoms with Gasteiger partial charge >= 0.3 is 5.97 Å². The van der Waals surface area contributed by atoms with Crippen molar-refractivity contribution in [3.63, 3.8) is 0 Å². The first-order valence-electron chi connectivity index (χ1n) is 6.92. The molecule has 0 aliphatic rings. The Balaban J connectivity index is 2.01. The van der Waals surface area contributed by atoms with Gasteiger partial charge in [-0.2, -0.15) is 10.2 Å². The highest BCUT2D eigenvalue weighted by atomic mass is 16.4. The molecule has 1 atom stereocenters. The Kier molecular flexibility index (Phi) is 4.59. The second-order valence-corrected chi connectivity index (χ2v) is 5.25. The van der Waals surface area contributed by atoms with Crippen LogP contribution in [-0.4, -0.2) is 42.6 Å². The Labute approximate surface area is 127 Å². The summed E-state index contributed by atoms with van der Waals surface area (Å²) >= 11 is 0. The number of amides is 1. The average molecular weight is 305 g/mol. The Bertz CT molecular complexity index is 688. The topological polar surface area (TPSA) is 102 Å². The highest BCUT2D eigenvalue weighted by Gasteiger charge is 2.16. The van der Waals surface area contributed by atoms with Gasteiger partial charge in [0, 0.05) is 17.9 Å². The minimum absolute atomic E-state index is 0.154. The van der Waals surface area contributed by atoms with E-state index in [9.17, 15) is 9.59 Å². The molecular formula is C14H19N5O3. The molecule has 1 unspecified atom stereocenters. The predicted octanol–water partition coefficient (Wildman–Crippen LogP) is 0.600. The molecule has 8 nitrogen and oxygen atoms in total. The Morgan fingerprint density at radius 3 is 2.68 bits per heavy atom. The summed E-state index contributed by atoms with van der Waals surface area (Å²) < 4.78 is 2.99. The van der Waals surface area contributed by atoms with E-state index in [0.717, 1.165) is 16.1 Å². The van der Waals surface area contributed by atoms with E-state index < -0.39 is 5.97 Å². The second kappa shape index (κ2) is 6.42. The molecule has 0 saturated heterocycles. The third-order valence-electron chi connectivity index (χ3n) is 3.16. The third-order valence-corrected chi connectivity index (χ3v) is 3.16. The van der Waals surface area contributed by atoms with Crippen LogP contribution in [0.5, 0.6) is 0 Å². The minimum atomic E-state index is -1.05. The lowest BCUT2D eigenvalue weighted by Crippen LogP contribution is -2.37. The number of aryl methyl sites for hydroxylation is 2. The zero-order chi connectivity index (χ0) is 16.3. The summed E-state index contributed by atoms with van der Waals surface area (Å²) in [5.41, 5.74) is 2.17. The Morgan fingerprint density at radius 1 is 1.36 bits per heavy atom. The summed E-state index contributed by atoms with van der Waals surface area (Å²) in [6.07, 6.45) is 1.41. The van der Waals surface area contributed by atoms with E-state index in [1.807, 2.05) is 31.5 Å². The van der Waals surface area contributed by atoms with Gasteiger partial charge in [0.25, 0.3) is 5.91 Å². The van der Waals surface area contributed by atoms with Crippen molar-refractivity contribution in [3.05, 3.63) is 35.4 Å². The first kappa shape index (κ1) is 15.7. The monoisotopic (exact) mass is 305 g/mol. The van der Waals surface area contributed by atoms with Gasteiger partial charge in [-0.05, 0) is 32.9 Å². The first-order valence-corrected chi connectivity index (χ1v) is 6.92. The van der Waals surface area contributed by atoms with Crippen molar-refractivity contribution in [2.45, 2.75) is 39.9 Å². The van der Waals surface area contributed by atoms with Crippen molar-refractivity contribution in [1.82, 2.24) is 24.9 Å². The zero-order valence-corrected chi connectivity index (χ0v) is 12.8.